The van der Waals surface area contributed by atoms with Gasteiger partial charge in [-0.2, -0.15) is 0 Å². The Hall–Kier alpha value is -1.52. The minimum absolute atomic E-state index is 0.221. The van der Waals surface area contributed by atoms with Crippen molar-refractivity contribution in [2.75, 3.05) is 6.61 Å². The molecule has 2 aromatic rings. The van der Waals surface area contributed by atoms with Crippen LogP contribution >= 0.6 is 11.3 Å². The topological polar surface area (TPSA) is 39.2 Å². The zero-order valence-electron chi connectivity index (χ0n) is 11.0. The largest absolute Gasteiger partial charge is 0.369 e. The number of hydrogen-bond donors (Lipinski definition) is 0. The molecule has 2 unspecified atom stereocenters. The molecule has 1 saturated heterocycles. The van der Waals surface area contributed by atoms with Crippen molar-refractivity contribution in [1.29, 1.82) is 0 Å². The average molecular weight is 285 g/mol. The Kier molecular flexibility index (Phi) is 2.93. The van der Waals surface area contributed by atoms with E-state index in [1.807, 2.05) is 0 Å². The fourth-order valence-corrected chi connectivity index (χ4v) is 3.56. The number of benzene rings is 1. The molecule has 20 heavy (non-hydrogen) atoms. The first-order chi connectivity index (χ1) is 9.85. The summed E-state index contributed by atoms with van der Waals surface area (Å²) in [5.41, 5.74) is 3.40. The van der Waals surface area contributed by atoms with Crippen molar-refractivity contribution in [2.45, 2.75) is 30.8 Å². The van der Waals surface area contributed by atoms with Crippen molar-refractivity contribution < 1.29 is 9.53 Å². The standard InChI is InChI=1S/C16H15NO2S/c18-7-15-13(8-19-15)10-1-3-11(4-2-10)14-9-20-16(17-14)12-5-6-12/h1-4,7,9,12-13,15H,5-6,8H2. The maximum atomic E-state index is 10.8. The zero-order valence-corrected chi connectivity index (χ0v) is 11.8. The van der Waals surface area contributed by atoms with E-state index < -0.39 is 0 Å². The highest BCUT2D eigenvalue weighted by atomic mass is 32.1. The summed E-state index contributed by atoms with van der Waals surface area (Å²) in [6.45, 7) is 0.644. The number of aromatic nitrogens is 1. The lowest BCUT2D eigenvalue weighted by Crippen LogP contribution is -2.38. The van der Waals surface area contributed by atoms with Gasteiger partial charge in [0, 0.05) is 22.8 Å². The number of thiazole rings is 1. The molecule has 4 heteroatoms. The van der Waals surface area contributed by atoms with Crippen LogP contribution in [-0.2, 0) is 9.53 Å². The average Bonchev–Trinajstić information content (AvgIpc) is 3.17. The molecule has 0 bridgehead atoms. The van der Waals surface area contributed by atoms with Gasteiger partial charge in [0.25, 0.3) is 0 Å². The van der Waals surface area contributed by atoms with E-state index in [0.29, 0.717) is 12.5 Å². The summed E-state index contributed by atoms with van der Waals surface area (Å²) in [6.07, 6.45) is 3.22. The van der Waals surface area contributed by atoms with Crippen LogP contribution in [0.3, 0.4) is 0 Å². The van der Waals surface area contributed by atoms with E-state index in [1.165, 1.54) is 23.4 Å². The van der Waals surface area contributed by atoms with Crippen LogP contribution in [-0.4, -0.2) is 24.0 Å². The molecule has 2 atom stereocenters. The molecule has 1 aliphatic carbocycles. The van der Waals surface area contributed by atoms with E-state index >= 15 is 0 Å². The second kappa shape index (κ2) is 4.79. The molecule has 1 aromatic heterocycles. The van der Waals surface area contributed by atoms with Gasteiger partial charge in [-0.3, -0.25) is 0 Å². The number of nitrogens with zero attached hydrogens (tertiary/aromatic N) is 1. The SMILES string of the molecule is O=CC1OCC1c1ccc(-c2csc(C3CC3)n2)cc1. The van der Waals surface area contributed by atoms with Crippen LogP contribution in [0, 0.1) is 0 Å². The van der Waals surface area contributed by atoms with E-state index in [0.717, 1.165) is 17.5 Å². The summed E-state index contributed by atoms with van der Waals surface area (Å²) in [7, 11) is 0. The van der Waals surface area contributed by atoms with Crippen molar-refractivity contribution in [3.05, 3.63) is 40.2 Å². The molecular formula is C16H15NO2S. The molecule has 3 nitrogen and oxygen atoms in total. The molecule has 2 heterocycles. The molecule has 2 fully saturated rings. The van der Waals surface area contributed by atoms with Gasteiger partial charge in [-0.05, 0) is 18.4 Å². The van der Waals surface area contributed by atoms with Crippen LogP contribution < -0.4 is 0 Å². The minimum Gasteiger partial charge on any atom is -0.369 e. The first-order valence-electron chi connectivity index (χ1n) is 6.98. The molecule has 1 aliphatic heterocycles. The molecular weight excluding hydrogens is 270 g/mol. The van der Waals surface area contributed by atoms with Crippen LogP contribution in [0.1, 0.15) is 35.2 Å². The molecule has 0 radical (unpaired) electrons. The highest BCUT2D eigenvalue weighted by Crippen LogP contribution is 2.42. The van der Waals surface area contributed by atoms with Gasteiger partial charge in [0.15, 0.2) is 0 Å². The molecule has 2 aliphatic rings. The molecule has 4 rings (SSSR count). The van der Waals surface area contributed by atoms with Gasteiger partial charge < -0.3 is 9.53 Å². The van der Waals surface area contributed by atoms with Crippen molar-refractivity contribution in [3.8, 4) is 11.3 Å². The van der Waals surface area contributed by atoms with Gasteiger partial charge in [-0.1, -0.05) is 24.3 Å². The maximum Gasteiger partial charge on any atom is 0.149 e. The fourth-order valence-electron chi connectivity index (χ4n) is 2.56. The van der Waals surface area contributed by atoms with Crippen molar-refractivity contribution in [3.63, 3.8) is 0 Å². The molecule has 0 N–H and O–H groups in total. The minimum atomic E-state index is -0.262. The Labute approximate surface area is 121 Å². The van der Waals surface area contributed by atoms with E-state index in [-0.39, 0.29) is 12.0 Å². The predicted molar refractivity (Wildman–Crippen MR) is 78.1 cm³/mol. The van der Waals surface area contributed by atoms with Crippen molar-refractivity contribution in [1.82, 2.24) is 4.98 Å². The Balaban J connectivity index is 1.55. The summed E-state index contributed by atoms with van der Waals surface area (Å²) in [6, 6.07) is 8.38. The zero-order chi connectivity index (χ0) is 13.5. The lowest BCUT2D eigenvalue weighted by atomic mass is 9.90. The molecule has 102 valence electrons. The summed E-state index contributed by atoms with van der Waals surface area (Å²) in [5.74, 6) is 0.938. The second-order valence-corrected chi connectivity index (χ2v) is 6.40. The maximum absolute atomic E-state index is 10.8. The van der Waals surface area contributed by atoms with Crippen LogP contribution in [0.25, 0.3) is 11.3 Å². The highest BCUT2D eigenvalue weighted by molar-refractivity contribution is 7.10. The number of carbonyl (C=O) groups is 1. The molecule has 0 spiro atoms. The second-order valence-electron chi connectivity index (χ2n) is 5.51. The van der Waals surface area contributed by atoms with Gasteiger partial charge in [0.2, 0.25) is 0 Å². The summed E-state index contributed by atoms with van der Waals surface area (Å²) in [4.78, 5) is 15.5. The predicted octanol–water partition coefficient (Wildman–Crippen LogP) is 3.37. The highest BCUT2D eigenvalue weighted by Gasteiger charge is 2.33. The monoisotopic (exact) mass is 285 g/mol. The normalized spacial score (nSPS) is 25.2. The number of ether oxygens (including phenoxy) is 1. The van der Waals surface area contributed by atoms with Crippen molar-refractivity contribution >= 4 is 17.6 Å². The molecule has 0 amide bonds. The van der Waals surface area contributed by atoms with Gasteiger partial charge in [0.1, 0.15) is 12.4 Å². The lowest BCUT2D eigenvalue weighted by Gasteiger charge is -2.33. The molecule has 1 aromatic carbocycles. The quantitative estimate of drug-likeness (QED) is 0.809. The first kappa shape index (κ1) is 12.2. The summed E-state index contributed by atoms with van der Waals surface area (Å²) < 4.78 is 5.22. The number of aldehydes is 1. The van der Waals surface area contributed by atoms with Crippen LogP contribution in [0.4, 0.5) is 0 Å². The third kappa shape index (κ3) is 2.09. The van der Waals surface area contributed by atoms with Crippen molar-refractivity contribution in [2.24, 2.45) is 0 Å². The van der Waals surface area contributed by atoms with Crippen LogP contribution in [0.15, 0.2) is 29.6 Å². The van der Waals surface area contributed by atoms with Gasteiger partial charge >= 0.3 is 0 Å². The smallest absolute Gasteiger partial charge is 0.149 e. The molecule has 1 saturated carbocycles. The summed E-state index contributed by atoms with van der Waals surface area (Å²) in [5, 5.41) is 3.42. The Morgan fingerprint density at radius 1 is 1.25 bits per heavy atom. The number of carbonyl (C=O) groups excluding carboxylic acids is 1. The third-order valence-electron chi connectivity index (χ3n) is 4.08. The fraction of sp³-hybridized carbons (Fsp3) is 0.375. The number of hydrogen-bond acceptors (Lipinski definition) is 4. The van der Waals surface area contributed by atoms with E-state index in [4.69, 9.17) is 9.72 Å². The van der Waals surface area contributed by atoms with Gasteiger partial charge in [-0.15, -0.1) is 11.3 Å². The van der Waals surface area contributed by atoms with Crippen LogP contribution in [0.5, 0.6) is 0 Å². The van der Waals surface area contributed by atoms with Crippen LogP contribution in [0.2, 0.25) is 0 Å². The first-order valence-corrected chi connectivity index (χ1v) is 7.86. The third-order valence-corrected chi connectivity index (χ3v) is 5.09. The van der Waals surface area contributed by atoms with E-state index in [1.54, 1.807) is 11.3 Å². The Bertz CT molecular complexity index is 630. The Morgan fingerprint density at radius 2 is 2.05 bits per heavy atom. The Morgan fingerprint density at radius 3 is 2.65 bits per heavy atom. The van der Waals surface area contributed by atoms with E-state index in [2.05, 4.69) is 29.6 Å². The summed E-state index contributed by atoms with van der Waals surface area (Å²) >= 11 is 1.77. The lowest BCUT2D eigenvalue weighted by molar-refractivity contribution is -0.134. The van der Waals surface area contributed by atoms with E-state index in [9.17, 15) is 4.79 Å². The van der Waals surface area contributed by atoms with Gasteiger partial charge in [-0.25, -0.2) is 4.98 Å². The van der Waals surface area contributed by atoms with Gasteiger partial charge in [0.05, 0.1) is 17.3 Å². The number of rotatable bonds is 4.